The molecule has 15 nitrogen and oxygen atoms in total. The summed E-state index contributed by atoms with van der Waals surface area (Å²) >= 11 is 1.28. The van der Waals surface area contributed by atoms with Crippen LogP contribution in [0.2, 0.25) is 0 Å². The van der Waals surface area contributed by atoms with Crippen molar-refractivity contribution in [1.29, 1.82) is 5.26 Å². The number of urea groups is 1. The number of carbonyl (C=O) groups is 2. The second-order valence-electron chi connectivity index (χ2n) is 15.8. The minimum Gasteiger partial charge on any atom is -0.453 e. The number of likely N-dealkylation sites (tertiary alicyclic amines) is 1. The number of halogens is 2. The molecule has 1 spiro atoms. The summed E-state index contributed by atoms with van der Waals surface area (Å²) in [6.45, 7) is 7.16. The summed E-state index contributed by atoms with van der Waals surface area (Å²) in [5.74, 6) is -0.694. The largest absolute Gasteiger partial charge is 0.453 e. The number of hydrogen-bond donors (Lipinski definition) is 2. The van der Waals surface area contributed by atoms with Crippen molar-refractivity contribution in [3.63, 3.8) is 0 Å². The van der Waals surface area contributed by atoms with Crippen molar-refractivity contribution >= 4 is 63.1 Å². The Morgan fingerprint density at radius 2 is 1.88 bits per heavy atom. The van der Waals surface area contributed by atoms with Crippen LogP contribution in [-0.4, -0.2) is 93.3 Å². The molecule has 2 aromatic heterocycles. The second kappa shape index (κ2) is 14.6. The number of fused-ring (bicyclic) bond motifs is 2. The van der Waals surface area contributed by atoms with Crippen LogP contribution in [0.4, 0.5) is 30.8 Å². The summed E-state index contributed by atoms with van der Waals surface area (Å²) in [7, 11) is 3.64. The van der Waals surface area contributed by atoms with Crippen LogP contribution < -0.4 is 30.1 Å². The number of benzene rings is 3. The lowest BCUT2D eigenvalue weighted by atomic mass is 9.60. The maximum Gasteiger partial charge on any atom is 0.329 e. The Balaban J connectivity index is 0.805. The van der Waals surface area contributed by atoms with Gasteiger partial charge in [-0.25, -0.2) is 22.9 Å². The van der Waals surface area contributed by atoms with E-state index in [2.05, 4.69) is 25.0 Å². The molecule has 0 bridgehead atoms. The fraction of sp³-hybridized carbons (Fsp3) is 0.400. The fourth-order valence-corrected chi connectivity index (χ4v) is 9.28. The standard InChI is InChI=1S/C40H41F2N11O4S/c1-4-48(2)58-47-32-8-6-29(41)36(28(32)16-43)57-25-5-7-31-26(11-25)38(55)53(22-44-31)24-14-40(15-24)20-50(21-40)17-23-18-51(19-23)34-13-33-27(12-30(34)42)37(46-49(33)3)52-10-9-35(54)45-39(52)56/h5-8,11-13,22-24,47H,4,9-10,14-15,17-21H2,1-3H3,(H,45,54,56). The van der Waals surface area contributed by atoms with E-state index >= 15 is 8.78 Å². The summed E-state index contributed by atoms with van der Waals surface area (Å²) in [6, 6.07) is 12.3. The number of hydrogen-bond acceptors (Lipinski definition) is 12. The molecule has 300 valence electrons. The highest BCUT2D eigenvalue weighted by molar-refractivity contribution is 7.98. The summed E-state index contributed by atoms with van der Waals surface area (Å²) < 4.78 is 44.8. The molecule has 18 heteroatoms. The van der Waals surface area contributed by atoms with Crippen LogP contribution in [0.25, 0.3) is 21.8 Å². The van der Waals surface area contributed by atoms with E-state index in [1.54, 1.807) is 46.9 Å². The van der Waals surface area contributed by atoms with Crippen LogP contribution in [0.15, 0.2) is 53.6 Å². The number of nitrogens with zero attached hydrogens (tertiary/aromatic N) is 9. The third-order valence-electron chi connectivity index (χ3n) is 11.8. The Hall–Kier alpha value is -5.77. The topological polar surface area (TPSA) is 157 Å². The number of rotatable bonds is 11. The number of aromatic nitrogens is 4. The summed E-state index contributed by atoms with van der Waals surface area (Å²) in [5, 5.41) is 17.5. The first-order valence-electron chi connectivity index (χ1n) is 19.2. The predicted molar refractivity (Wildman–Crippen MR) is 216 cm³/mol. The van der Waals surface area contributed by atoms with Crippen LogP contribution in [0.1, 0.15) is 37.8 Å². The summed E-state index contributed by atoms with van der Waals surface area (Å²) in [6.07, 6.45) is 3.48. The van der Waals surface area contributed by atoms with Crippen LogP contribution in [0.3, 0.4) is 0 Å². The maximum absolute atomic E-state index is 15.5. The van der Waals surface area contributed by atoms with Crippen molar-refractivity contribution in [2.75, 3.05) is 67.4 Å². The Morgan fingerprint density at radius 3 is 2.62 bits per heavy atom. The number of aryl methyl sites for hydroxylation is 1. The molecule has 0 radical (unpaired) electrons. The summed E-state index contributed by atoms with van der Waals surface area (Å²) in [4.78, 5) is 48.2. The number of carbonyl (C=O) groups excluding carboxylic acids is 2. The molecule has 4 aliphatic rings. The molecular formula is C40H41F2N11O4S. The first-order chi connectivity index (χ1) is 27.9. The van der Waals surface area contributed by atoms with Gasteiger partial charge < -0.3 is 19.3 Å². The van der Waals surface area contributed by atoms with Gasteiger partial charge in [0.1, 0.15) is 23.2 Å². The van der Waals surface area contributed by atoms with Crippen molar-refractivity contribution in [3.05, 3.63) is 76.3 Å². The van der Waals surface area contributed by atoms with E-state index in [0.717, 1.165) is 52.1 Å². The van der Waals surface area contributed by atoms with Crippen molar-refractivity contribution in [2.45, 2.75) is 32.2 Å². The van der Waals surface area contributed by atoms with Gasteiger partial charge in [0.25, 0.3) is 5.56 Å². The highest BCUT2D eigenvalue weighted by atomic mass is 32.2. The van der Waals surface area contributed by atoms with E-state index in [0.29, 0.717) is 44.9 Å². The molecular weight excluding hydrogens is 769 g/mol. The van der Waals surface area contributed by atoms with E-state index in [1.807, 2.05) is 29.2 Å². The molecule has 0 unspecified atom stereocenters. The van der Waals surface area contributed by atoms with Gasteiger partial charge in [-0.1, -0.05) is 6.92 Å². The van der Waals surface area contributed by atoms with Gasteiger partial charge in [0.05, 0.1) is 34.1 Å². The average molecular weight is 810 g/mol. The minimum absolute atomic E-state index is 0.0108. The molecule has 3 aromatic carbocycles. The van der Waals surface area contributed by atoms with E-state index in [-0.39, 0.29) is 58.8 Å². The molecule has 1 saturated carbocycles. The van der Waals surface area contributed by atoms with Gasteiger partial charge in [0, 0.05) is 88.8 Å². The summed E-state index contributed by atoms with van der Waals surface area (Å²) in [5.41, 5.74) is 2.08. The number of imide groups is 1. The molecule has 5 heterocycles. The highest BCUT2D eigenvalue weighted by Gasteiger charge is 2.53. The van der Waals surface area contributed by atoms with Gasteiger partial charge in [-0.05, 0) is 67.8 Å². The number of ether oxygens (including phenoxy) is 1. The SMILES string of the molecule is CCN(C)SNc1ccc(F)c(Oc2ccc3ncn(C4CC5(C4)CN(CC4CN(c6cc7c(cc6F)c(N6CCC(=O)NC6=O)nn7C)C4)C5)c(=O)c3c2)c1C#N. The maximum atomic E-state index is 15.5. The zero-order valence-electron chi connectivity index (χ0n) is 32.2. The van der Waals surface area contributed by atoms with Gasteiger partial charge in [-0.15, -0.1) is 0 Å². The number of amides is 3. The molecule has 0 atom stereocenters. The van der Waals surface area contributed by atoms with E-state index < -0.39 is 11.8 Å². The Labute approximate surface area is 336 Å². The van der Waals surface area contributed by atoms with E-state index in [4.69, 9.17) is 4.74 Å². The van der Waals surface area contributed by atoms with Gasteiger partial charge in [0.2, 0.25) is 5.91 Å². The Kier molecular flexibility index (Phi) is 9.48. The van der Waals surface area contributed by atoms with Crippen LogP contribution in [0.5, 0.6) is 11.5 Å². The quantitative estimate of drug-likeness (QED) is 0.165. The van der Waals surface area contributed by atoms with Gasteiger partial charge >= 0.3 is 6.03 Å². The Morgan fingerprint density at radius 1 is 1.09 bits per heavy atom. The van der Waals surface area contributed by atoms with Gasteiger partial charge in [0.15, 0.2) is 17.4 Å². The van der Waals surface area contributed by atoms with Crippen LogP contribution in [0, 0.1) is 34.3 Å². The molecule has 58 heavy (non-hydrogen) atoms. The second-order valence-corrected chi connectivity index (χ2v) is 16.8. The van der Waals surface area contributed by atoms with Crippen LogP contribution in [-0.2, 0) is 11.8 Å². The molecule has 2 N–H and O–H groups in total. The number of nitrogens with one attached hydrogen (secondary N) is 2. The monoisotopic (exact) mass is 809 g/mol. The first-order valence-corrected chi connectivity index (χ1v) is 20.0. The van der Waals surface area contributed by atoms with Crippen molar-refractivity contribution < 1.29 is 23.1 Å². The molecule has 1 aliphatic carbocycles. The molecule has 4 fully saturated rings. The lowest BCUT2D eigenvalue weighted by Crippen LogP contribution is -2.65. The minimum atomic E-state index is -0.692. The van der Waals surface area contributed by atoms with E-state index in [9.17, 15) is 19.6 Å². The van der Waals surface area contributed by atoms with Crippen molar-refractivity contribution in [2.24, 2.45) is 18.4 Å². The van der Waals surface area contributed by atoms with E-state index in [1.165, 1.54) is 35.2 Å². The molecule has 5 aromatic rings. The number of anilines is 3. The third kappa shape index (κ3) is 6.66. The molecule has 9 rings (SSSR count). The third-order valence-corrected chi connectivity index (χ3v) is 12.7. The molecule has 3 saturated heterocycles. The molecule has 3 aliphatic heterocycles. The lowest BCUT2D eigenvalue weighted by Gasteiger charge is -2.60. The Bertz CT molecular complexity index is 2590. The van der Waals surface area contributed by atoms with Crippen molar-refractivity contribution in [3.8, 4) is 17.6 Å². The first kappa shape index (κ1) is 37.8. The van der Waals surface area contributed by atoms with Gasteiger partial charge in [-0.2, -0.15) is 10.4 Å². The zero-order valence-corrected chi connectivity index (χ0v) is 33.0. The molecule has 3 amide bonds. The fourth-order valence-electron chi connectivity index (χ4n) is 8.73. The lowest BCUT2D eigenvalue weighted by molar-refractivity contribution is -0.120. The normalized spacial score (nSPS) is 18.4. The highest BCUT2D eigenvalue weighted by Crippen LogP contribution is 2.54. The van der Waals surface area contributed by atoms with Gasteiger partial charge in [-0.3, -0.25) is 29.1 Å². The smallest absolute Gasteiger partial charge is 0.329 e. The van der Waals surface area contributed by atoms with Crippen molar-refractivity contribution in [1.82, 2.24) is 33.9 Å². The zero-order chi connectivity index (χ0) is 40.5. The number of nitriles is 1. The predicted octanol–water partition coefficient (Wildman–Crippen LogP) is 5.37. The van der Waals surface area contributed by atoms with Crippen LogP contribution >= 0.6 is 12.1 Å². The average Bonchev–Trinajstić information content (AvgIpc) is 3.47.